The Morgan fingerprint density at radius 3 is 2.54 bits per heavy atom. The number of nitrogens with zero attached hydrogens (tertiary/aromatic N) is 1. The van der Waals surface area contributed by atoms with Crippen LogP contribution in [0.1, 0.15) is 40.0 Å². The van der Waals surface area contributed by atoms with Crippen molar-refractivity contribution < 1.29 is 0 Å². The van der Waals surface area contributed by atoms with Crippen molar-refractivity contribution in [2.45, 2.75) is 40.0 Å². The fraction of sp³-hybridized carbons (Fsp3) is 0.909. The molecule has 1 aliphatic rings. The van der Waals surface area contributed by atoms with E-state index in [1.54, 1.807) is 0 Å². The third kappa shape index (κ3) is 3.00. The predicted octanol–water partition coefficient (Wildman–Crippen LogP) is 2.32. The van der Waals surface area contributed by atoms with Gasteiger partial charge in [-0.3, -0.25) is 0 Å². The van der Waals surface area contributed by atoms with Crippen LogP contribution in [0.5, 0.6) is 0 Å². The number of nitrogens with one attached hydrogen (secondary N) is 1. The summed E-state index contributed by atoms with van der Waals surface area (Å²) < 4.78 is 0. The highest BCUT2D eigenvalue weighted by molar-refractivity contribution is 5.04. The van der Waals surface area contributed by atoms with Crippen molar-refractivity contribution in [2.75, 3.05) is 13.1 Å². The van der Waals surface area contributed by atoms with E-state index in [9.17, 15) is 5.26 Å². The topological polar surface area (TPSA) is 35.8 Å². The second-order valence-electron chi connectivity index (χ2n) is 5.41. The van der Waals surface area contributed by atoms with Crippen LogP contribution in [0, 0.1) is 22.2 Å². The molecule has 0 bridgehead atoms. The Bertz CT molecular complexity index is 201. The summed E-state index contributed by atoms with van der Waals surface area (Å²) in [6, 6.07) is 2.51. The maximum atomic E-state index is 9.21. The lowest BCUT2D eigenvalue weighted by Gasteiger charge is -2.36. The summed E-state index contributed by atoms with van der Waals surface area (Å²) in [6.07, 6.45) is 3.21. The van der Waals surface area contributed by atoms with Crippen LogP contribution < -0.4 is 5.32 Å². The van der Waals surface area contributed by atoms with E-state index in [2.05, 4.69) is 32.2 Å². The van der Waals surface area contributed by atoms with Crippen LogP contribution in [0.4, 0.5) is 0 Å². The molecule has 74 valence electrons. The molecule has 1 heterocycles. The van der Waals surface area contributed by atoms with Gasteiger partial charge < -0.3 is 5.32 Å². The highest BCUT2D eigenvalue weighted by Gasteiger charge is 2.35. The molecule has 0 spiro atoms. The maximum Gasteiger partial charge on any atom is 0.0703 e. The smallest absolute Gasteiger partial charge is 0.0703 e. The van der Waals surface area contributed by atoms with Gasteiger partial charge >= 0.3 is 0 Å². The highest BCUT2D eigenvalue weighted by Crippen LogP contribution is 2.37. The quantitative estimate of drug-likeness (QED) is 0.672. The van der Waals surface area contributed by atoms with Crippen molar-refractivity contribution in [2.24, 2.45) is 10.8 Å². The van der Waals surface area contributed by atoms with E-state index in [0.717, 1.165) is 32.4 Å². The van der Waals surface area contributed by atoms with E-state index in [-0.39, 0.29) is 10.8 Å². The maximum absolute atomic E-state index is 9.21. The Hall–Kier alpha value is -0.550. The Morgan fingerprint density at radius 1 is 1.46 bits per heavy atom. The molecule has 1 aliphatic heterocycles. The average Bonchev–Trinajstić information content (AvgIpc) is 2.03. The van der Waals surface area contributed by atoms with Gasteiger partial charge in [-0.15, -0.1) is 0 Å². The summed E-state index contributed by atoms with van der Waals surface area (Å²) in [7, 11) is 0. The molecule has 2 heteroatoms. The number of hydrogen-bond acceptors (Lipinski definition) is 2. The van der Waals surface area contributed by atoms with Gasteiger partial charge in [-0.25, -0.2) is 0 Å². The second-order valence-corrected chi connectivity index (χ2v) is 5.41. The molecule has 13 heavy (non-hydrogen) atoms. The zero-order chi connectivity index (χ0) is 9.95. The molecule has 1 fully saturated rings. The van der Waals surface area contributed by atoms with Crippen molar-refractivity contribution >= 4 is 0 Å². The number of hydrogen-bond donors (Lipinski definition) is 1. The molecule has 1 N–H and O–H groups in total. The Kier molecular flexibility index (Phi) is 2.98. The van der Waals surface area contributed by atoms with Gasteiger partial charge in [0, 0.05) is 6.54 Å². The van der Waals surface area contributed by atoms with Crippen LogP contribution >= 0.6 is 0 Å². The number of piperidine rings is 1. The van der Waals surface area contributed by atoms with Gasteiger partial charge in [-0.1, -0.05) is 20.8 Å². The van der Waals surface area contributed by atoms with E-state index in [1.807, 2.05) is 0 Å². The highest BCUT2D eigenvalue weighted by atomic mass is 14.9. The minimum atomic E-state index is -0.101. The van der Waals surface area contributed by atoms with Gasteiger partial charge in [0.25, 0.3) is 0 Å². The molecule has 0 aromatic carbocycles. The lowest BCUT2D eigenvalue weighted by molar-refractivity contribution is 0.187. The molecule has 0 amide bonds. The summed E-state index contributed by atoms with van der Waals surface area (Å²) in [4.78, 5) is 0. The normalized spacial score (nSPS) is 29.7. The largest absolute Gasteiger partial charge is 0.315 e. The first-order valence-corrected chi connectivity index (χ1v) is 5.09. The summed E-state index contributed by atoms with van der Waals surface area (Å²) in [5.41, 5.74) is 0.158. The first-order valence-electron chi connectivity index (χ1n) is 5.09. The number of rotatable bonds is 1. The summed E-state index contributed by atoms with van der Waals surface area (Å²) in [5, 5.41) is 12.5. The zero-order valence-electron chi connectivity index (χ0n) is 8.98. The van der Waals surface area contributed by atoms with Gasteiger partial charge in [-0.2, -0.15) is 5.26 Å². The lowest BCUT2D eigenvalue weighted by atomic mass is 9.71. The van der Waals surface area contributed by atoms with Crippen molar-refractivity contribution in [1.29, 1.82) is 5.26 Å². The van der Waals surface area contributed by atoms with E-state index >= 15 is 0 Å². The van der Waals surface area contributed by atoms with Crippen molar-refractivity contribution in [3.8, 4) is 6.07 Å². The molecular formula is C11H20N2. The third-order valence-electron chi connectivity index (χ3n) is 2.58. The Balaban J connectivity index is 2.65. The van der Waals surface area contributed by atoms with Crippen LogP contribution in [0.3, 0.4) is 0 Å². The Labute approximate surface area is 81.3 Å². The molecule has 0 aromatic rings. The standard InChI is InChI=1S/C11H20N2/c1-10(2,3)7-11(8-12)5-4-6-13-9-11/h13H,4-7,9H2,1-3H3. The molecule has 1 rings (SSSR count). The molecule has 0 saturated carbocycles. The van der Waals surface area contributed by atoms with E-state index in [0.29, 0.717) is 0 Å². The predicted molar refractivity (Wildman–Crippen MR) is 54.2 cm³/mol. The van der Waals surface area contributed by atoms with E-state index in [1.165, 1.54) is 0 Å². The SMILES string of the molecule is CC(C)(C)CC1(C#N)CCCNC1. The molecule has 1 atom stereocenters. The fourth-order valence-corrected chi connectivity index (χ4v) is 2.27. The van der Waals surface area contributed by atoms with Crippen LogP contribution in [0.15, 0.2) is 0 Å². The van der Waals surface area contributed by atoms with Gasteiger partial charge in [0.1, 0.15) is 0 Å². The van der Waals surface area contributed by atoms with E-state index in [4.69, 9.17) is 0 Å². The van der Waals surface area contributed by atoms with Crippen LogP contribution in [-0.4, -0.2) is 13.1 Å². The fourth-order valence-electron chi connectivity index (χ4n) is 2.27. The first-order chi connectivity index (χ1) is 5.97. The monoisotopic (exact) mass is 180 g/mol. The molecule has 0 aromatic heterocycles. The lowest BCUT2D eigenvalue weighted by Crippen LogP contribution is -2.41. The molecular weight excluding hydrogens is 160 g/mol. The first kappa shape index (κ1) is 10.5. The van der Waals surface area contributed by atoms with Gasteiger partial charge in [-0.05, 0) is 31.2 Å². The van der Waals surface area contributed by atoms with Crippen LogP contribution in [0.25, 0.3) is 0 Å². The van der Waals surface area contributed by atoms with Crippen LogP contribution in [-0.2, 0) is 0 Å². The summed E-state index contributed by atoms with van der Waals surface area (Å²) in [6.45, 7) is 8.58. The van der Waals surface area contributed by atoms with Gasteiger partial charge in [0.05, 0.1) is 11.5 Å². The molecule has 0 aliphatic carbocycles. The van der Waals surface area contributed by atoms with Crippen molar-refractivity contribution in [3.63, 3.8) is 0 Å². The molecule has 2 nitrogen and oxygen atoms in total. The minimum absolute atomic E-state index is 0.101. The molecule has 1 saturated heterocycles. The minimum Gasteiger partial charge on any atom is -0.315 e. The average molecular weight is 180 g/mol. The van der Waals surface area contributed by atoms with Crippen LogP contribution in [0.2, 0.25) is 0 Å². The van der Waals surface area contributed by atoms with Crippen molar-refractivity contribution in [1.82, 2.24) is 5.32 Å². The third-order valence-corrected chi connectivity index (χ3v) is 2.58. The zero-order valence-corrected chi connectivity index (χ0v) is 8.98. The molecule has 1 unspecified atom stereocenters. The van der Waals surface area contributed by atoms with Crippen molar-refractivity contribution in [3.05, 3.63) is 0 Å². The summed E-state index contributed by atoms with van der Waals surface area (Å²) in [5.74, 6) is 0. The van der Waals surface area contributed by atoms with Gasteiger partial charge in [0.15, 0.2) is 0 Å². The Morgan fingerprint density at radius 2 is 2.15 bits per heavy atom. The van der Waals surface area contributed by atoms with Gasteiger partial charge in [0.2, 0.25) is 0 Å². The summed E-state index contributed by atoms with van der Waals surface area (Å²) >= 11 is 0. The van der Waals surface area contributed by atoms with E-state index < -0.39 is 0 Å². The second kappa shape index (κ2) is 3.67. The molecule has 0 radical (unpaired) electrons. The number of nitriles is 1.